The van der Waals surface area contributed by atoms with Gasteiger partial charge in [-0.3, -0.25) is 0 Å². The second kappa shape index (κ2) is 5.33. The first-order valence-corrected chi connectivity index (χ1v) is 6.57. The van der Waals surface area contributed by atoms with Crippen LogP contribution in [0.1, 0.15) is 17.4 Å². The molecule has 1 N–H and O–H groups in total. The van der Waals surface area contributed by atoms with E-state index in [2.05, 4.69) is 37.2 Å². The fraction of sp³-hybridized carbons (Fsp3) is 0.167. The van der Waals surface area contributed by atoms with Crippen LogP contribution in [0, 0.1) is 5.82 Å². The molecular weight excluding hydrogens is 353 g/mol. The Morgan fingerprint density at radius 3 is 2.59 bits per heavy atom. The van der Waals surface area contributed by atoms with Gasteiger partial charge in [-0.2, -0.15) is 0 Å². The van der Waals surface area contributed by atoms with Crippen LogP contribution in [0.2, 0.25) is 0 Å². The molecule has 1 unspecified atom stereocenters. The number of nitrogens with one attached hydrogen (secondary N) is 1. The van der Waals surface area contributed by atoms with Gasteiger partial charge in [-0.15, -0.1) is 0 Å². The van der Waals surface area contributed by atoms with Crippen LogP contribution in [-0.4, -0.2) is 7.05 Å². The third kappa shape index (κ3) is 2.46. The predicted molar refractivity (Wildman–Crippen MR) is 71.4 cm³/mol. The molecule has 0 radical (unpaired) electrons. The van der Waals surface area contributed by atoms with Crippen LogP contribution in [-0.2, 0) is 0 Å². The predicted octanol–water partition coefficient (Wildman–Crippen LogP) is 4.25. The van der Waals surface area contributed by atoms with E-state index in [1.54, 1.807) is 37.6 Å². The first kappa shape index (κ1) is 12.8. The summed E-state index contributed by atoms with van der Waals surface area (Å²) in [5, 5.41) is 3.05. The van der Waals surface area contributed by atoms with E-state index in [1.165, 1.54) is 0 Å². The molecule has 2 rings (SSSR count). The first-order chi connectivity index (χ1) is 8.15. The normalized spacial score (nSPS) is 12.7. The minimum Gasteiger partial charge on any atom is -0.466 e. The summed E-state index contributed by atoms with van der Waals surface area (Å²) in [4.78, 5) is 0. The van der Waals surface area contributed by atoms with Gasteiger partial charge in [0, 0.05) is 5.56 Å². The fourth-order valence-corrected chi connectivity index (χ4v) is 2.49. The average molecular weight is 363 g/mol. The van der Waals surface area contributed by atoms with Crippen LogP contribution in [0.25, 0.3) is 0 Å². The summed E-state index contributed by atoms with van der Waals surface area (Å²) in [7, 11) is 1.76. The van der Waals surface area contributed by atoms with E-state index in [4.69, 9.17) is 4.42 Å². The van der Waals surface area contributed by atoms with Gasteiger partial charge in [-0.1, -0.05) is 12.1 Å². The topological polar surface area (TPSA) is 25.2 Å². The van der Waals surface area contributed by atoms with E-state index in [0.717, 1.165) is 4.47 Å². The summed E-state index contributed by atoms with van der Waals surface area (Å²) in [6.07, 6.45) is 1.57. The summed E-state index contributed by atoms with van der Waals surface area (Å²) in [6.45, 7) is 0. The number of hydrogen-bond donors (Lipinski definition) is 1. The molecule has 1 aromatic heterocycles. The Morgan fingerprint density at radius 2 is 2.00 bits per heavy atom. The molecule has 0 aliphatic carbocycles. The van der Waals surface area contributed by atoms with Crippen LogP contribution < -0.4 is 5.32 Å². The molecule has 0 amide bonds. The van der Waals surface area contributed by atoms with Crippen LogP contribution in [0.5, 0.6) is 0 Å². The third-order valence-electron chi connectivity index (χ3n) is 2.49. The maximum Gasteiger partial charge on any atom is 0.142 e. The Kier molecular flexibility index (Phi) is 4.01. The number of hydrogen-bond acceptors (Lipinski definition) is 2. The van der Waals surface area contributed by atoms with Crippen molar-refractivity contribution in [3.05, 3.63) is 56.6 Å². The second-order valence-electron chi connectivity index (χ2n) is 3.50. The molecule has 1 atom stereocenters. The lowest BCUT2D eigenvalue weighted by atomic mass is 10.0. The van der Waals surface area contributed by atoms with Gasteiger partial charge in [0.05, 0.1) is 21.3 Å². The van der Waals surface area contributed by atoms with Crippen molar-refractivity contribution in [2.75, 3.05) is 7.05 Å². The van der Waals surface area contributed by atoms with Gasteiger partial charge in [-0.25, -0.2) is 4.39 Å². The highest BCUT2D eigenvalue weighted by Crippen LogP contribution is 2.32. The molecule has 0 aliphatic heterocycles. The van der Waals surface area contributed by atoms with Crippen molar-refractivity contribution < 1.29 is 8.81 Å². The fourth-order valence-electron chi connectivity index (χ4n) is 1.68. The number of rotatable bonds is 3. The monoisotopic (exact) mass is 361 g/mol. The van der Waals surface area contributed by atoms with Crippen molar-refractivity contribution in [3.8, 4) is 0 Å². The van der Waals surface area contributed by atoms with Gasteiger partial charge < -0.3 is 9.73 Å². The summed E-state index contributed by atoms with van der Waals surface area (Å²) in [5.74, 6) is 0.375. The maximum atomic E-state index is 14.0. The molecule has 2 nitrogen and oxygen atoms in total. The maximum absolute atomic E-state index is 14.0. The highest BCUT2D eigenvalue weighted by Gasteiger charge is 2.22. The van der Waals surface area contributed by atoms with Crippen LogP contribution in [0.15, 0.2) is 43.9 Å². The molecule has 17 heavy (non-hydrogen) atoms. The molecule has 0 saturated carbocycles. The van der Waals surface area contributed by atoms with Gasteiger partial charge in [-0.05, 0) is 51.0 Å². The molecule has 0 aliphatic rings. The molecule has 0 saturated heterocycles. The summed E-state index contributed by atoms with van der Waals surface area (Å²) in [6, 6.07) is 6.66. The Labute approximate surface area is 115 Å². The van der Waals surface area contributed by atoms with Gasteiger partial charge in [0.25, 0.3) is 0 Å². The molecule has 0 spiro atoms. The zero-order valence-corrected chi connectivity index (χ0v) is 12.2. The van der Waals surface area contributed by atoms with E-state index in [-0.39, 0.29) is 11.9 Å². The smallest absolute Gasteiger partial charge is 0.142 e. The van der Waals surface area contributed by atoms with Crippen LogP contribution in [0.3, 0.4) is 0 Å². The van der Waals surface area contributed by atoms with Crippen molar-refractivity contribution >= 4 is 31.9 Å². The molecule has 1 heterocycles. The van der Waals surface area contributed by atoms with Crippen LogP contribution >= 0.6 is 31.9 Å². The highest BCUT2D eigenvalue weighted by molar-refractivity contribution is 9.10. The Balaban J connectivity index is 2.50. The minimum absolute atomic E-state index is 0.282. The summed E-state index contributed by atoms with van der Waals surface area (Å²) >= 11 is 6.56. The molecule has 0 bridgehead atoms. The van der Waals surface area contributed by atoms with Gasteiger partial charge in [0.1, 0.15) is 11.6 Å². The molecular formula is C12H10Br2FNO. The molecule has 90 valence electrons. The van der Waals surface area contributed by atoms with Crippen molar-refractivity contribution in [3.63, 3.8) is 0 Å². The van der Waals surface area contributed by atoms with Crippen molar-refractivity contribution in [2.24, 2.45) is 0 Å². The van der Waals surface area contributed by atoms with Gasteiger partial charge >= 0.3 is 0 Å². The quantitative estimate of drug-likeness (QED) is 0.882. The van der Waals surface area contributed by atoms with E-state index in [1.807, 2.05) is 0 Å². The number of furan rings is 1. The SMILES string of the molecule is CNC(c1cccc(Br)c1F)c1occc1Br. The Bertz CT molecular complexity index is 527. The summed E-state index contributed by atoms with van der Waals surface area (Å²) in [5.41, 5.74) is 0.539. The number of halogens is 3. The zero-order valence-electron chi connectivity index (χ0n) is 9.01. The molecule has 1 aromatic carbocycles. The minimum atomic E-state index is -0.322. The Hall–Kier alpha value is -0.650. The average Bonchev–Trinajstić information content (AvgIpc) is 2.72. The summed E-state index contributed by atoms with van der Waals surface area (Å²) < 4.78 is 20.7. The van der Waals surface area contributed by atoms with E-state index >= 15 is 0 Å². The van der Waals surface area contributed by atoms with Crippen molar-refractivity contribution in [1.29, 1.82) is 0 Å². The standard InChI is InChI=1S/C12H10Br2FNO/c1-16-11(12-9(14)5-6-17-12)7-3-2-4-8(13)10(7)15/h2-6,11,16H,1H3. The molecule has 0 fully saturated rings. The lowest BCUT2D eigenvalue weighted by molar-refractivity contribution is 0.450. The molecule has 5 heteroatoms. The van der Waals surface area contributed by atoms with E-state index in [0.29, 0.717) is 15.8 Å². The van der Waals surface area contributed by atoms with Gasteiger partial charge in [0.15, 0.2) is 0 Å². The largest absolute Gasteiger partial charge is 0.466 e. The van der Waals surface area contributed by atoms with Crippen molar-refractivity contribution in [1.82, 2.24) is 5.32 Å². The number of benzene rings is 1. The zero-order chi connectivity index (χ0) is 12.4. The first-order valence-electron chi connectivity index (χ1n) is 4.99. The van der Waals surface area contributed by atoms with E-state index in [9.17, 15) is 4.39 Å². The molecule has 2 aromatic rings. The van der Waals surface area contributed by atoms with Crippen molar-refractivity contribution in [2.45, 2.75) is 6.04 Å². The van der Waals surface area contributed by atoms with E-state index < -0.39 is 0 Å². The van der Waals surface area contributed by atoms with Crippen LogP contribution in [0.4, 0.5) is 4.39 Å². The lowest BCUT2D eigenvalue weighted by Crippen LogP contribution is -2.18. The second-order valence-corrected chi connectivity index (χ2v) is 5.21. The lowest BCUT2D eigenvalue weighted by Gasteiger charge is -2.16. The van der Waals surface area contributed by atoms with Gasteiger partial charge in [0.2, 0.25) is 0 Å². The Morgan fingerprint density at radius 1 is 1.24 bits per heavy atom. The third-order valence-corrected chi connectivity index (χ3v) is 3.76. The highest BCUT2D eigenvalue weighted by atomic mass is 79.9.